The molecule has 1 aromatic heterocycles. The number of amides is 2. The molecule has 2 atom stereocenters. The molecule has 7 heteroatoms. The van der Waals surface area contributed by atoms with Gasteiger partial charge in [-0.15, -0.1) is 0 Å². The summed E-state index contributed by atoms with van der Waals surface area (Å²) in [5.41, 5.74) is 0.643. The number of hydrogen-bond acceptors (Lipinski definition) is 5. The van der Waals surface area contributed by atoms with Gasteiger partial charge in [0, 0.05) is 25.7 Å². The van der Waals surface area contributed by atoms with E-state index in [1.807, 2.05) is 6.92 Å². The van der Waals surface area contributed by atoms with E-state index in [0.717, 1.165) is 0 Å². The van der Waals surface area contributed by atoms with Crippen LogP contribution in [0.3, 0.4) is 0 Å². The number of carbonyl (C=O) groups is 2. The van der Waals surface area contributed by atoms with Crippen molar-refractivity contribution < 1.29 is 14.3 Å². The third kappa shape index (κ3) is 4.80. The quantitative estimate of drug-likeness (QED) is 0.705. The number of nitrogens with one attached hydrogen (secondary N) is 3. The smallest absolute Gasteiger partial charge is 0.239 e. The van der Waals surface area contributed by atoms with Crippen molar-refractivity contribution in [2.75, 3.05) is 25.0 Å². The summed E-state index contributed by atoms with van der Waals surface area (Å²) < 4.78 is 5.41. The molecule has 1 aliphatic heterocycles. The lowest BCUT2D eigenvalue weighted by atomic mass is 10.1. The van der Waals surface area contributed by atoms with Gasteiger partial charge in [-0.25, -0.2) is 0 Å². The maximum Gasteiger partial charge on any atom is 0.239 e. The SMILES string of the molecule is C[C@H]1OCCN[C@@H]1C(=O)NCCC(=O)Nc1cccnc1. The van der Waals surface area contributed by atoms with Gasteiger partial charge in [0.15, 0.2) is 0 Å². The van der Waals surface area contributed by atoms with Gasteiger partial charge in [-0.05, 0) is 19.1 Å². The first kappa shape index (κ1) is 15.4. The maximum atomic E-state index is 12.0. The van der Waals surface area contributed by atoms with Crippen LogP contribution in [0.5, 0.6) is 0 Å². The molecule has 2 amide bonds. The number of aromatic nitrogens is 1. The fourth-order valence-corrected chi connectivity index (χ4v) is 2.10. The van der Waals surface area contributed by atoms with Gasteiger partial charge in [0.1, 0.15) is 6.04 Å². The van der Waals surface area contributed by atoms with Crippen LogP contribution in [-0.2, 0) is 14.3 Å². The second-order valence-corrected chi connectivity index (χ2v) is 4.84. The Kier molecular flexibility index (Phi) is 5.65. The van der Waals surface area contributed by atoms with E-state index >= 15 is 0 Å². The van der Waals surface area contributed by atoms with E-state index in [0.29, 0.717) is 18.8 Å². The Morgan fingerprint density at radius 2 is 2.38 bits per heavy atom. The molecule has 7 nitrogen and oxygen atoms in total. The van der Waals surface area contributed by atoms with Crippen molar-refractivity contribution in [3.05, 3.63) is 24.5 Å². The van der Waals surface area contributed by atoms with Crippen LogP contribution in [0.1, 0.15) is 13.3 Å². The van der Waals surface area contributed by atoms with Crippen molar-refractivity contribution >= 4 is 17.5 Å². The number of carbonyl (C=O) groups excluding carboxylic acids is 2. The Morgan fingerprint density at radius 3 is 3.10 bits per heavy atom. The van der Waals surface area contributed by atoms with E-state index in [1.165, 1.54) is 0 Å². The summed E-state index contributed by atoms with van der Waals surface area (Å²) >= 11 is 0. The number of ether oxygens (including phenoxy) is 1. The largest absolute Gasteiger partial charge is 0.375 e. The molecule has 0 aliphatic carbocycles. The first-order valence-electron chi connectivity index (χ1n) is 6.99. The molecule has 0 saturated carbocycles. The van der Waals surface area contributed by atoms with E-state index in [2.05, 4.69) is 20.9 Å². The lowest BCUT2D eigenvalue weighted by Crippen LogP contribution is -2.55. The van der Waals surface area contributed by atoms with E-state index in [4.69, 9.17) is 4.74 Å². The van der Waals surface area contributed by atoms with Gasteiger partial charge in [-0.3, -0.25) is 14.6 Å². The summed E-state index contributed by atoms with van der Waals surface area (Å²) in [6.07, 6.45) is 3.25. The zero-order valence-corrected chi connectivity index (χ0v) is 12.0. The monoisotopic (exact) mass is 292 g/mol. The summed E-state index contributed by atoms with van der Waals surface area (Å²) in [6.45, 7) is 3.41. The van der Waals surface area contributed by atoms with E-state index in [9.17, 15) is 9.59 Å². The van der Waals surface area contributed by atoms with Crippen LogP contribution in [0, 0.1) is 0 Å². The highest BCUT2D eigenvalue weighted by molar-refractivity contribution is 5.91. The number of anilines is 1. The minimum Gasteiger partial charge on any atom is -0.375 e. The van der Waals surface area contributed by atoms with Crippen molar-refractivity contribution in [1.29, 1.82) is 0 Å². The zero-order valence-electron chi connectivity index (χ0n) is 12.0. The number of morpholine rings is 1. The Morgan fingerprint density at radius 1 is 1.52 bits per heavy atom. The van der Waals surface area contributed by atoms with Crippen LogP contribution in [0.4, 0.5) is 5.69 Å². The van der Waals surface area contributed by atoms with Gasteiger partial charge in [0.25, 0.3) is 0 Å². The first-order valence-corrected chi connectivity index (χ1v) is 6.99. The molecule has 0 unspecified atom stereocenters. The third-order valence-electron chi connectivity index (χ3n) is 3.20. The summed E-state index contributed by atoms with van der Waals surface area (Å²) in [5, 5.41) is 8.55. The van der Waals surface area contributed by atoms with Gasteiger partial charge in [0.2, 0.25) is 11.8 Å². The minimum absolute atomic E-state index is 0.142. The molecule has 0 spiro atoms. The van der Waals surface area contributed by atoms with Gasteiger partial charge < -0.3 is 20.7 Å². The standard InChI is InChI=1S/C14H20N4O3/c1-10-13(16-7-8-21-10)14(20)17-6-4-12(19)18-11-3-2-5-15-9-11/h2-3,5,9-10,13,16H,4,6-8H2,1H3,(H,17,20)(H,18,19)/t10-,13+/m1/s1. The highest BCUT2D eigenvalue weighted by Gasteiger charge is 2.27. The Labute approximate surface area is 123 Å². The molecule has 1 aromatic rings. The first-order chi connectivity index (χ1) is 10.2. The molecule has 0 aromatic carbocycles. The average Bonchev–Trinajstić information content (AvgIpc) is 2.48. The molecule has 2 rings (SSSR count). The van der Waals surface area contributed by atoms with Crippen LogP contribution in [0.15, 0.2) is 24.5 Å². The Hall–Kier alpha value is -1.99. The van der Waals surface area contributed by atoms with Crippen molar-refractivity contribution in [3.8, 4) is 0 Å². The van der Waals surface area contributed by atoms with Crippen LogP contribution >= 0.6 is 0 Å². The number of hydrogen-bond donors (Lipinski definition) is 3. The molecule has 1 aliphatic rings. The fourth-order valence-electron chi connectivity index (χ4n) is 2.10. The number of nitrogens with zero attached hydrogens (tertiary/aromatic N) is 1. The van der Waals surface area contributed by atoms with Crippen molar-refractivity contribution in [2.24, 2.45) is 0 Å². The van der Waals surface area contributed by atoms with Gasteiger partial charge >= 0.3 is 0 Å². The second-order valence-electron chi connectivity index (χ2n) is 4.84. The molecule has 0 radical (unpaired) electrons. The topological polar surface area (TPSA) is 92.4 Å². The summed E-state index contributed by atoms with van der Waals surface area (Å²) in [5.74, 6) is -0.305. The van der Waals surface area contributed by atoms with Crippen LogP contribution in [0.25, 0.3) is 0 Å². The Bertz CT molecular complexity index is 480. The van der Waals surface area contributed by atoms with Gasteiger partial charge in [0.05, 0.1) is 24.6 Å². The van der Waals surface area contributed by atoms with E-state index in [-0.39, 0.29) is 36.9 Å². The molecular weight excluding hydrogens is 272 g/mol. The van der Waals surface area contributed by atoms with Gasteiger partial charge in [-0.1, -0.05) is 0 Å². The summed E-state index contributed by atoms with van der Waals surface area (Å²) in [6, 6.07) is 3.14. The van der Waals surface area contributed by atoms with Crippen molar-refractivity contribution in [1.82, 2.24) is 15.6 Å². The molecule has 2 heterocycles. The summed E-state index contributed by atoms with van der Waals surface area (Å²) in [4.78, 5) is 27.6. The fraction of sp³-hybridized carbons (Fsp3) is 0.500. The third-order valence-corrected chi connectivity index (χ3v) is 3.20. The number of rotatable bonds is 5. The Balaban J connectivity index is 1.69. The van der Waals surface area contributed by atoms with Crippen LogP contribution in [-0.4, -0.2) is 48.6 Å². The highest BCUT2D eigenvalue weighted by atomic mass is 16.5. The van der Waals surface area contributed by atoms with Crippen LogP contribution < -0.4 is 16.0 Å². The molecule has 114 valence electrons. The maximum absolute atomic E-state index is 12.0. The predicted octanol–water partition coefficient (Wildman–Crippen LogP) is -0.0967. The number of pyridine rings is 1. The lowest BCUT2D eigenvalue weighted by Gasteiger charge is -2.29. The van der Waals surface area contributed by atoms with E-state index < -0.39 is 0 Å². The molecule has 3 N–H and O–H groups in total. The van der Waals surface area contributed by atoms with Crippen LogP contribution in [0.2, 0.25) is 0 Å². The van der Waals surface area contributed by atoms with E-state index in [1.54, 1.807) is 24.5 Å². The highest BCUT2D eigenvalue weighted by Crippen LogP contribution is 2.04. The summed E-state index contributed by atoms with van der Waals surface area (Å²) in [7, 11) is 0. The predicted molar refractivity (Wildman–Crippen MR) is 77.7 cm³/mol. The molecule has 1 fully saturated rings. The van der Waals surface area contributed by atoms with Crippen molar-refractivity contribution in [3.63, 3.8) is 0 Å². The normalized spacial score (nSPS) is 21.6. The zero-order chi connectivity index (χ0) is 15.1. The van der Waals surface area contributed by atoms with Crippen molar-refractivity contribution in [2.45, 2.75) is 25.5 Å². The minimum atomic E-state index is -0.361. The molecule has 21 heavy (non-hydrogen) atoms. The average molecular weight is 292 g/mol. The van der Waals surface area contributed by atoms with Gasteiger partial charge in [-0.2, -0.15) is 0 Å². The lowest BCUT2D eigenvalue weighted by molar-refractivity contribution is -0.128. The molecular formula is C14H20N4O3. The molecule has 0 bridgehead atoms. The molecule has 1 saturated heterocycles. The second kappa shape index (κ2) is 7.70.